The summed E-state index contributed by atoms with van der Waals surface area (Å²) in [6.45, 7) is 6.21. The van der Waals surface area contributed by atoms with Crippen LogP contribution < -0.4 is 0 Å². The second-order valence-corrected chi connectivity index (χ2v) is 5.53. The molecule has 0 amide bonds. The van der Waals surface area contributed by atoms with E-state index in [0.717, 1.165) is 33.5 Å². The molecular weight excluding hydrogens is 288 g/mol. The zero-order valence-electron chi connectivity index (χ0n) is 13.6. The van der Waals surface area contributed by atoms with E-state index in [0.29, 0.717) is 12.3 Å². The fourth-order valence-corrected chi connectivity index (χ4v) is 2.90. The van der Waals surface area contributed by atoms with Gasteiger partial charge >= 0.3 is 5.97 Å². The number of carbonyl (C=O) groups is 1. The molecule has 0 saturated carbocycles. The highest BCUT2D eigenvalue weighted by Gasteiger charge is 2.22. The largest absolute Gasteiger partial charge is 0.461 e. The molecule has 0 aliphatic rings. The second kappa shape index (κ2) is 6.16. The van der Waals surface area contributed by atoms with E-state index in [1.165, 1.54) is 0 Å². The van der Waals surface area contributed by atoms with E-state index in [4.69, 9.17) is 4.74 Å². The number of rotatable bonds is 4. The molecule has 118 valence electrons. The molecule has 1 aromatic carbocycles. The third kappa shape index (κ3) is 2.68. The van der Waals surface area contributed by atoms with Crippen LogP contribution in [0.15, 0.2) is 42.7 Å². The van der Waals surface area contributed by atoms with Crippen LogP contribution >= 0.6 is 0 Å². The maximum atomic E-state index is 12.2. The molecule has 23 heavy (non-hydrogen) atoms. The number of aromatic amines is 2. The van der Waals surface area contributed by atoms with Crippen LogP contribution in [0, 0.1) is 13.8 Å². The summed E-state index contributed by atoms with van der Waals surface area (Å²) in [5.41, 5.74) is 6.68. The van der Waals surface area contributed by atoms with Gasteiger partial charge in [-0.25, -0.2) is 4.79 Å². The lowest BCUT2D eigenvalue weighted by molar-refractivity contribution is 0.0521. The van der Waals surface area contributed by atoms with Gasteiger partial charge in [0.15, 0.2) is 0 Å². The molecule has 4 heteroatoms. The van der Waals surface area contributed by atoms with Crippen LogP contribution in [-0.4, -0.2) is 22.5 Å². The third-order valence-corrected chi connectivity index (χ3v) is 3.95. The number of carbonyl (C=O) groups excluding carboxylic acids is 1. The smallest absolute Gasteiger partial charge is 0.355 e. The van der Waals surface area contributed by atoms with Gasteiger partial charge in [0, 0.05) is 23.5 Å². The van der Waals surface area contributed by atoms with Crippen LogP contribution in [0.3, 0.4) is 0 Å². The lowest BCUT2D eigenvalue weighted by Gasteiger charge is -2.09. The molecule has 0 aliphatic heterocycles. The highest BCUT2D eigenvalue weighted by atomic mass is 16.5. The number of aryl methyl sites for hydroxylation is 2. The first-order valence-electron chi connectivity index (χ1n) is 7.72. The fraction of sp³-hybridized carbons (Fsp3) is 0.211. The Bertz CT molecular complexity index is 828. The highest BCUT2D eigenvalue weighted by Crippen LogP contribution is 2.37. The molecule has 2 N–H and O–H groups in total. The maximum absolute atomic E-state index is 12.2. The number of nitrogens with one attached hydrogen (secondary N) is 2. The van der Waals surface area contributed by atoms with Crippen molar-refractivity contribution < 1.29 is 9.53 Å². The van der Waals surface area contributed by atoms with E-state index in [1.807, 2.05) is 44.4 Å². The Labute approximate surface area is 135 Å². The summed E-state index contributed by atoms with van der Waals surface area (Å²) in [5, 5.41) is 0. The third-order valence-electron chi connectivity index (χ3n) is 3.95. The Morgan fingerprint density at radius 3 is 2.35 bits per heavy atom. The van der Waals surface area contributed by atoms with Gasteiger partial charge in [0.2, 0.25) is 0 Å². The molecule has 3 rings (SSSR count). The Kier molecular flexibility index (Phi) is 4.06. The van der Waals surface area contributed by atoms with Crippen LogP contribution in [0.5, 0.6) is 0 Å². The van der Waals surface area contributed by atoms with Gasteiger partial charge in [-0.15, -0.1) is 0 Å². The topological polar surface area (TPSA) is 57.9 Å². The van der Waals surface area contributed by atoms with Crippen LogP contribution in [-0.2, 0) is 4.74 Å². The van der Waals surface area contributed by atoms with E-state index < -0.39 is 0 Å². The van der Waals surface area contributed by atoms with Gasteiger partial charge in [-0.3, -0.25) is 0 Å². The maximum Gasteiger partial charge on any atom is 0.355 e. The molecule has 0 aliphatic carbocycles. The van der Waals surface area contributed by atoms with E-state index in [-0.39, 0.29) is 5.97 Å². The van der Waals surface area contributed by atoms with Gasteiger partial charge < -0.3 is 14.7 Å². The zero-order chi connectivity index (χ0) is 16.4. The summed E-state index contributed by atoms with van der Waals surface area (Å²) in [6.07, 6.45) is 3.81. The van der Waals surface area contributed by atoms with Gasteiger partial charge in [-0.2, -0.15) is 0 Å². The fourth-order valence-electron chi connectivity index (χ4n) is 2.90. The monoisotopic (exact) mass is 308 g/mol. The average molecular weight is 308 g/mol. The van der Waals surface area contributed by atoms with E-state index in [1.54, 1.807) is 0 Å². The van der Waals surface area contributed by atoms with E-state index in [9.17, 15) is 4.79 Å². The van der Waals surface area contributed by atoms with Crippen molar-refractivity contribution in [1.82, 2.24) is 9.97 Å². The quantitative estimate of drug-likeness (QED) is 0.699. The molecule has 0 fully saturated rings. The van der Waals surface area contributed by atoms with Crippen molar-refractivity contribution in [3.63, 3.8) is 0 Å². The molecule has 4 nitrogen and oxygen atoms in total. The minimum absolute atomic E-state index is 0.332. The Balaban J connectivity index is 2.18. The lowest BCUT2D eigenvalue weighted by atomic mass is 9.97. The molecule has 0 unspecified atom stereocenters. The molecule has 2 aromatic heterocycles. The second-order valence-electron chi connectivity index (χ2n) is 5.53. The molecule has 2 heterocycles. The molecule has 0 atom stereocenters. The summed E-state index contributed by atoms with van der Waals surface area (Å²) < 4.78 is 5.17. The van der Waals surface area contributed by atoms with Crippen molar-refractivity contribution >= 4 is 5.97 Å². The van der Waals surface area contributed by atoms with Crippen molar-refractivity contribution in [3.8, 4) is 22.4 Å². The lowest BCUT2D eigenvalue weighted by Crippen LogP contribution is -2.07. The average Bonchev–Trinajstić information content (AvgIpc) is 3.11. The molecular formula is C19H20N2O2. The molecule has 0 radical (unpaired) electrons. The van der Waals surface area contributed by atoms with Crippen LogP contribution in [0.1, 0.15) is 28.5 Å². The first-order chi connectivity index (χ1) is 11.1. The number of aromatic nitrogens is 2. The summed E-state index contributed by atoms with van der Waals surface area (Å²) in [6, 6.07) is 10.2. The van der Waals surface area contributed by atoms with Crippen molar-refractivity contribution in [2.75, 3.05) is 6.61 Å². The minimum Gasteiger partial charge on any atom is -0.461 e. The standard InChI is InChI=1S/C19H20N2O2/c1-4-23-19(22)18-16(13(3)11-21-18)17-15(12(2)10-20-17)14-8-6-5-7-9-14/h5-11,20-21H,4H2,1-3H3. The van der Waals surface area contributed by atoms with Gasteiger partial charge in [0.05, 0.1) is 12.3 Å². The minimum atomic E-state index is -0.332. The predicted octanol–water partition coefficient (Wildman–Crippen LogP) is 4.47. The summed E-state index contributed by atoms with van der Waals surface area (Å²) in [7, 11) is 0. The predicted molar refractivity (Wildman–Crippen MR) is 91.4 cm³/mol. The Morgan fingerprint density at radius 1 is 1.00 bits per heavy atom. The number of hydrogen-bond acceptors (Lipinski definition) is 2. The van der Waals surface area contributed by atoms with E-state index in [2.05, 4.69) is 29.0 Å². The van der Waals surface area contributed by atoms with Crippen molar-refractivity contribution in [1.29, 1.82) is 0 Å². The van der Waals surface area contributed by atoms with Gasteiger partial charge in [0.25, 0.3) is 0 Å². The number of H-pyrrole nitrogens is 2. The molecule has 0 saturated heterocycles. The zero-order valence-corrected chi connectivity index (χ0v) is 13.6. The molecule has 0 spiro atoms. The number of benzene rings is 1. The van der Waals surface area contributed by atoms with Gasteiger partial charge in [-0.1, -0.05) is 30.3 Å². The molecule has 0 bridgehead atoms. The van der Waals surface area contributed by atoms with Crippen molar-refractivity contribution in [3.05, 3.63) is 59.5 Å². The summed E-state index contributed by atoms with van der Waals surface area (Å²) in [5.74, 6) is -0.332. The normalized spacial score (nSPS) is 10.7. The van der Waals surface area contributed by atoms with Gasteiger partial charge in [0.1, 0.15) is 5.69 Å². The molecule has 3 aromatic rings. The number of ether oxygens (including phenoxy) is 1. The number of esters is 1. The van der Waals surface area contributed by atoms with Crippen molar-refractivity contribution in [2.45, 2.75) is 20.8 Å². The summed E-state index contributed by atoms with van der Waals surface area (Å²) in [4.78, 5) is 18.6. The Hall–Kier alpha value is -2.75. The summed E-state index contributed by atoms with van der Waals surface area (Å²) >= 11 is 0. The van der Waals surface area contributed by atoms with Crippen LogP contribution in [0.4, 0.5) is 0 Å². The Morgan fingerprint density at radius 2 is 1.65 bits per heavy atom. The SMILES string of the molecule is CCOC(=O)c1[nH]cc(C)c1-c1[nH]cc(C)c1-c1ccccc1. The van der Waals surface area contributed by atoms with Crippen LogP contribution in [0.2, 0.25) is 0 Å². The highest BCUT2D eigenvalue weighted by molar-refractivity contribution is 5.99. The van der Waals surface area contributed by atoms with Gasteiger partial charge in [-0.05, 0) is 37.5 Å². The first-order valence-corrected chi connectivity index (χ1v) is 7.72. The van der Waals surface area contributed by atoms with E-state index >= 15 is 0 Å². The first kappa shape index (κ1) is 15.2. The van der Waals surface area contributed by atoms with Crippen LogP contribution in [0.25, 0.3) is 22.4 Å². The van der Waals surface area contributed by atoms with Crippen molar-refractivity contribution in [2.24, 2.45) is 0 Å². The number of hydrogen-bond donors (Lipinski definition) is 2.